The molecule has 2 aliphatic heterocycles. The molecular weight excluding hydrogens is 325 g/mol. The Morgan fingerprint density at radius 3 is 2.88 bits per heavy atom. The minimum Gasteiger partial charge on any atom is -0.330 e. The van der Waals surface area contributed by atoms with Crippen LogP contribution in [-0.2, 0) is 6.42 Å². The second-order valence-electron chi connectivity index (χ2n) is 6.52. The van der Waals surface area contributed by atoms with Crippen LogP contribution in [0, 0.1) is 5.82 Å². The van der Waals surface area contributed by atoms with Crippen molar-refractivity contribution in [1.82, 2.24) is 15.2 Å². The fourth-order valence-corrected chi connectivity index (χ4v) is 4.52. The minimum atomic E-state index is -0.237. The number of carbonyl (C=O) groups is 1. The molecule has 2 unspecified atom stereocenters. The summed E-state index contributed by atoms with van der Waals surface area (Å²) in [6.07, 6.45) is 3.84. The lowest BCUT2D eigenvalue weighted by molar-refractivity contribution is 0.0675. The summed E-state index contributed by atoms with van der Waals surface area (Å²) in [6.45, 7) is 1.87. The maximum Gasteiger partial charge on any atom is 0.273 e. The minimum absolute atomic E-state index is 0.0628. The summed E-state index contributed by atoms with van der Waals surface area (Å²) >= 11 is 1.50. The monoisotopic (exact) mass is 345 g/mol. The van der Waals surface area contributed by atoms with Crippen molar-refractivity contribution in [3.63, 3.8) is 0 Å². The lowest BCUT2D eigenvalue weighted by Gasteiger charge is -2.27. The van der Waals surface area contributed by atoms with Gasteiger partial charge in [0.2, 0.25) is 0 Å². The first-order chi connectivity index (χ1) is 11.7. The molecule has 2 aliphatic rings. The number of thiazole rings is 1. The molecule has 24 heavy (non-hydrogen) atoms. The molecular formula is C18H20FN3OS. The molecule has 1 amide bonds. The highest BCUT2D eigenvalue weighted by Gasteiger charge is 2.38. The molecule has 2 fully saturated rings. The molecule has 4 rings (SSSR count). The van der Waals surface area contributed by atoms with Crippen LogP contribution in [0.15, 0.2) is 29.6 Å². The predicted molar refractivity (Wildman–Crippen MR) is 91.8 cm³/mol. The van der Waals surface area contributed by atoms with E-state index in [-0.39, 0.29) is 11.7 Å². The van der Waals surface area contributed by atoms with Crippen molar-refractivity contribution >= 4 is 17.2 Å². The Balaban J connectivity index is 1.49. The molecule has 1 aromatic carbocycles. The zero-order valence-electron chi connectivity index (χ0n) is 13.4. The van der Waals surface area contributed by atoms with Crippen molar-refractivity contribution in [2.75, 3.05) is 13.1 Å². The fraction of sp³-hybridized carbons (Fsp3) is 0.444. The first-order valence-electron chi connectivity index (χ1n) is 8.43. The van der Waals surface area contributed by atoms with Crippen LogP contribution < -0.4 is 5.32 Å². The van der Waals surface area contributed by atoms with Crippen LogP contribution in [0.25, 0.3) is 0 Å². The molecule has 3 heterocycles. The van der Waals surface area contributed by atoms with Crippen molar-refractivity contribution < 1.29 is 9.18 Å². The topological polar surface area (TPSA) is 45.2 Å². The zero-order chi connectivity index (χ0) is 16.5. The molecule has 4 nitrogen and oxygen atoms in total. The maximum atomic E-state index is 13.0. The summed E-state index contributed by atoms with van der Waals surface area (Å²) in [5.74, 6) is -0.174. The molecule has 2 atom stereocenters. The normalized spacial score (nSPS) is 23.3. The number of carbonyl (C=O) groups excluding carboxylic acids is 1. The summed E-state index contributed by atoms with van der Waals surface area (Å²) in [6, 6.07) is 7.08. The van der Waals surface area contributed by atoms with E-state index in [2.05, 4.69) is 15.2 Å². The molecule has 1 N–H and O–H groups in total. The van der Waals surface area contributed by atoms with E-state index in [0.29, 0.717) is 24.2 Å². The van der Waals surface area contributed by atoms with Gasteiger partial charge >= 0.3 is 0 Å². The molecule has 2 saturated heterocycles. The van der Waals surface area contributed by atoms with Crippen LogP contribution in [-0.4, -0.2) is 41.0 Å². The van der Waals surface area contributed by atoms with Crippen LogP contribution in [0.3, 0.4) is 0 Å². The van der Waals surface area contributed by atoms with Crippen LogP contribution in [0.1, 0.15) is 40.3 Å². The molecule has 1 aromatic heterocycles. The van der Waals surface area contributed by atoms with Crippen molar-refractivity contribution in [3.8, 4) is 0 Å². The molecule has 126 valence electrons. The summed E-state index contributed by atoms with van der Waals surface area (Å²) in [7, 11) is 0. The van der Waals surface area contributed by atoms with Gasteiger partial charge in [0.15, 0.2) is 0 Å². The van der Waals surface area contributed by atoms with Crippen LogP contribution in [0.2, 0.25) is 0 Å². The summed E-state index contributed by atoms with van der Waals surface area (Å²) in [4.78, 5) is 19.5. The molecule has 6 heteroatoms. The van der Waals surface area contributed by atoms with Gasteiger partial charge < -0.3 is 10.2 Å². The molecule has 0 saturated carbocycles. The van der Waals surface area contributed by atoms with E-state index in [4.69, 9.17) is 0 Å². The van der Waals surface area contributed by atoms with E-state index in [0.717, 1.165) is 42.9 Å². The number of aromatic nitrogens is 1. The van der Waals surface area contributed by atoms with Gasteiger partial charge in [0, 0.05) is 30.4 Å². The number of fused-ring (bicyclic) bond motifs is 2. The van der Waals surface area contributed by atoms with Gasteiger partial charge in [-0.05, 0) is 43.5 Å². The third-order valence-corrected chi connectivity index (χ3v) is 5.78. The highest BCUT2D eigenvalue weighted by atomic mass is 32.1. The fourth-order valence-electron chi connectivity index (χ4n) is 3.71. The summed E-state index contributed by atoms with van der Waals surface area (Å²) < 4.78 is 13.0. The van der Waals surface area contributed by atoms with Gasteiger partial charge in [0.05, 0.1) is 5.01 Å². The Morgan fingerprint density at radius 2 is 2.04 bits per heavy atom. The van der Waals surface area contributed by atoms with Crippen LogP contribution in [0.4, 0.5) is 4.39 Å². The number of hydrogen-bond donors (Lipinski definition) is 1. The van der Waals surface area contributed by atoms with Gasteiger partial charge in [0.1, 0.15) is 11.5 Å². The lowest BCUT2D eigenvalue weighted by atomic mass is 10.1. The summed E-state index contributed by atoms with van der Waals surface area (Å²) in [5, 5.41) is 6.17. The van der Waals surface area contributed by atoms with E-state index in [9.17, 15) is 9.18 Å². The van der Waals surface area contributed by atoms with E-state index in [1.54, 1.807) is 12.1 Å². The molecule has 0 spiro atoms. The second-order valence-corrected chi connectivity index (χ2v) is 7.46. The van der Waals surface area contributed by atoms with E-state index < -0.39 is 0 Å². The Hall–Kier alpha value is -1.79. The SMILES string of the molecule is O=C(c1csc(Cc2ccc(F)cc2)n1)N1C2CCNCC1CC2. The van der Waals surface area contributed by atoms with Crippen molar-refractivity contribution in [2.24, 2.45) is 0 Å². The van der Waals surface area contributed by atoms with Gasteiger partial charge in [-0.2, -0.15) is 0 Å². The number of nitrogens with zero attached hydrogens (tertiary/aromatic N) is 2. The number of hydrogen-bond acceptors (Lipinski definition) is 4. The number of nitrogens with one attached hydrogen (secondary N) is 1. The number of amides is 1. The van der Waals surface area contributed by atoms with Crippen molar-refractivity contribution in [1.29, 1.82) is 0 Å². The third-order valence-electron chi connectivity index (χ3n) is 4.93. The zero-order valence-corrected chi connectivity index (χ0v) is 14.2. The average Bonchev–Trinajstić information content (AvgIpc) is 3.12. The van der Waals surface area contributed by atoms with Crippen molar-refractivity contribution in [2.45, 2.75) is 37.8 Å². The second kappa shape index (κ2) is 6.61. The number of halogens is 1. The Kier molecular flexibility index (Phi) is 4.33. The molecule has 2 bridgehead atoms. The van der Waals surface area contributed by atoms with Gasteiger partial charge in [-0.15, -0.1) is 11.3 Å². The smallest absolute Gasteiger partial charge is 0.273 e. The molecule has 0 aliphatic carbocycles. The highest BCUT2D eigenvalue weighted by molar-refractivity contribution is 7.09. The quantitative estimate of drug-likeness (QED) is 0.930. The number of rotatable bonds is 3. The Labute approximate surface area is 144 Å². The van der Waals surface area contributed by atoms with E-state index in [1.165, 1.54) is 23.5 Å². The van der Waals surface area contributed by atoms with E-state index in [1.807, 2.05) is 5.38 Å². The van der Waals surface area contributed by atoms with Gasteiger partial charge in [0.25, 0.3) is 5.91 Å². The van der Waals surface area contributed by atoms with Gasteiger partial charge in [-0.25, -0.2) is 9.37 Å². The standard InChI is InChI=1S/C18H20FN3OS/c19-13-3-1-12(2-4-13)9-17-21-16(11-24-17)18(23)22-14-5-6-15(22)10-20-8-7-14/h1-4,11,14-15,20H,5-10H2. The molecule has 2 aromatic rings. The van der Waals surface area contributed by atoms with E-state index >= 15 is 0 Å². The van der Waals surface area contributed by atoms with Gasteiger partial charge in [-0.3, -0.25) is 4.79 Å². The van der Waals surface area contributed by atoms with Crippen LogP contribution in [0.5, 0.6) is 0 Å². The average molecular weight is 345 g/mol. The summed E-state index contributed by atoms with van der Waals surface area (Å²) in [5.41, 5.74) is 1.56. The lowest BCUT2D eigenvalue weighted by Crippen LogP contribution is -2.42. The van der Waals surface area contributed by atoms with Crippen molar-refractivity contribution in [3.05, 3.63) is 51.7 Å². The number of benzene rings is 1. The van der Waals surface area contributed by atoms with Gasteiger partial charge in [-0.1, -0.05) is 12.1 Å². The largest absolute Gasteiger partial charge is 0.330 e. The third kappa shape index (κ3) is 3.08. The first kappa shape index (κ1) is 15.7. The first-order valence-corrected chi connectivity index (χ1v) is 9.31. The highest BCUT2D eigenvalue weighted by Crippen LogP contribution is 2.30. The maximum absolute atomic E-state index is 13.0. The predicted octanol–water partition coefficient (Wildman–Crippen LogP) is 2.84. The van der Waals surface area contributed by atoms with Crippen LogP contribution >= 0.6 is 11.3 Å². The Morgan fingerprint density at radius 1 is 1.25 bits per heavy atom. The Bertz CT molecular complexity index is 716. The molecule has 0 radical (unpaired) electrons.